The first kappa shape index (κ1) is 29.8. The van der Waals surface area contributed by atoms with E-state index in [4.69, 9.17) is 0 Å². The van der Waals surface area contributed by atoms with Gasteiger partial charge in [0.05, 0.1) is 17.1 Å². The van der Waals surface area contributed by atoms with Gasteiger partial charge in [-0.2, -0.15) is 4.99 Å². The average molecular weight is 609 g/mol. The zero-order chi connectivity index (χ0) is 30.6. The number of aromatic nitrogens is 3. The molecule has 1 saturated heterocycles. The summed E-state index contributed by atoms with van der Waals surface area (Å²) in [6.45, 7) is 4.50. The third-order valence-electron chi connectivity index (χ3n) is 6.49. The molecule has 0 spiro atoms. The Labute approximate surface area is 249 Å². The van der Waals surface area contributed by atoms with E-state index in [1.807, 2.05) is 48.5 Å². The molecule has 222 valence electrons. The topological polar surface area (TPSA) is 102 Å². The normalized spacial score (nSPS) is 14.5. The Balaban J connectivity index is 1.15. The Morgan fingerprint density at radius 2 is 1.81 bits per heavy atom. The molecule has 0 atom stereocenters. The van der Waals surface area contributed by atoms with Gasteiger partial charge >= 0.3 is 12.4 Å². The molecule has 9 nitrogen and oxygen atoms in total. The standard InChI is InChI=1S/C30H27F3N6O3S/c1-19(2)22-4-3-5-24(16-22)39-26(40)17-43-29(39)36-28(41)34-15-14-20-6-8-21(9-7-20)27-35-18-38(37-27)23-10-12-25(13-11-23)42-30(31,32)33/h3-13,16,18-19H,14-15,17H2,1-2H3,(H,34,41)/b36-29-. The van der Waals surface area contributed by atoms with Crippen molar-refractivity contribution in [3.05, 3.63) is 90.3 Å². The summed E-state index contributed by atoms with van der Waals surface area (Å²) in [5.74, 6) is 0.523. The van der Waals surface area contributed by atoms with Gasteiger partial charge in [0, 0.05) is 12.1 Å². The van der Waals surface area contributed by atoms with Crippen LogP contribution in [0.3, 0.4) is 0 Å². The van der Waals surface area contributed by atoms with E-state index in [0.717, 1.165) is 16.7 Å². The number of anilines is 1. The molecule has 1 N–H and O–H groups in total. The number of halogens is 3. The lowest BCUT2D eigenvalue weighted by Crippen LogP contribution is -2.31. The number of carbonyl (C=O) groups is 2. The number of amides is 3. The van der Waals surface area contributed by atoms with Crippen molar-refractivity contribution in [2.75, 3.05) is 17.2 Å². The fraction of sp³-hybridized carbons (Fsp3) is 0.233. The van der Waals surface area contributed by atoms with Crippen LogP contribution in [0.25, 0.3) is 17.1 Å². The SMILES string of the molecule is CC(C)c1cccc(N2C(=O)CS/C2=N\C(=O)NCCc2ccc(-c3ncn(-c4ccc(OC(F)(F)F)cc4)n3)cc2)c1. The second-order valence-electron chi connectivity index (χ2n) is 9.90. The van der Waals surface area contributed by atoms with Crippen molar-refractivity contribution >= 4 is 34.6 Å². The van der Waals surface area contributed by atoms with Crippen molar-refractivity contribution in [1.29, 1.82) is 0 Å². The minimum atomic E-state index is -4.76. The number of hydrogen-bond donors (Lipinski definition) is 1. The van der Waals surface area contributed by atoms with Gasteiger partial charge in [-0.25, -0.2) is 14.5 Å². The predicted octanol–water partition coefficient (Wildman–Crippen LogP) is 6.34. The van der Waals surface area contributed by atoms with Crippen LogP contribution in [0, 0.1) is 0 Å². The molecule has 43 heavy (non-hydrogen) atoms. The summed E-state index contributed by atoms with van der Waals surface area (Å²) in [6, 6.07) is 20.0. The van der Waals surface area contributed by atoms with E-state index in [0.29, 0.717) is 41.3 Å². The van der Waals surface area contributed by atoms with Gasteiger partial charge in [-0.3, -0.25) is 9.69 Å². The van der Waals surface area contributed by atoms with Crippen molar-refractivity contribution < 1.29 is 27.5 Å². The van der Waals surface area contributed by atoms with E-state index < -0.39 is 12.4 Å². The van der Waals surface area contributed by atoms with Crippen molar-refractivity contribution in [3.8, 4) is 22.8 Å². The number of alkyl halides is 3. The van der Waals surface area contributed by atoms with Gasteiger partial charge in [0.15, 0.2) is 11.0 Å². The molecule has 1 fully saturated rings. The monoisotopic (exact) mass is 608 g/mol. The lowest BCUT2D eigenvalue weighted by atomic mass is 10.0. The van der Waals surface area contributed by atoms with Gasteiger partial charge in [0.25, 0.3) is 0 Å². The fourth-order valence-electron chi connectivity index (χ4n) is 4.30. The lowest BCUT2D eigenvalue weighted by Gasteiger charge is -2.17. The van der Waals surface area contributed by atoms with E-state index in [1.165, 1.54) is 51.9 Å². The zero-order valence-corrected chi connectivity index (χ0v) is 24.0. The number of nitrogens with one attached hydrogen (secondary N) is 1. The van der Waals surface area contributed by atoms with Crippen molar-refractivity contribution in [2.24, 2.45) is 4.99 Å². The first-order valence-electron chi connectivity index (χ1n) is 13.3. The van der Waals surface area contributed by atoms with Crippen LogP contribution in [0.5, 0.6) is 5.75 Å². The summed E-state index contributed by atoms with van der Waals surface area (Å²) >= 11 is 1.23. The quantitative estimate of drug-likeness (QED) is 0.250. The smallest absolute Gasteiger partial charge is 0.406 e. The summed E-state index contributed by atoms with van der Waals surface area (Å²) in [5, 5.41) is 7.54. The average Bonchev–Trinajstić information content (AvgIpc) is 3.60. The fourth-order valence-corrected chi connectivity index (χ4v) is 5.17. The molecule has 13 heteroatoms. The molecular formula is C30H27F3N6O3S. The second-order valence-corrected chi connectivity index (χ2v) is 10.8. The molecule has 5 rings (SSSR count). The van der Waals surface area contributed by atoms with Crippen LogP contribution in [-0.2, 0) is 11.2 Å². The van der Waals surface area contributed by atoms with E-state index in [1.54, 1.807) is 0 Å². The Morgan fingerprint density at radius 1 is 1.07 bits per heavy atom. The highest BCUT2D eigenvalue weighted by Gasteiger charge is 2.31. The molecule has 0 bridgehead atoms. The highest BCUT2D eigenvalue weighted by molar-refractivity contribution is 8.15. The minimum absolute atomic E-state index is 0.120. The van der Waals surface area contributed by atoms with E-state index in [2.05, 4.69) is 39.0 Å². The van der Waals surface area contributed by atoms with Crippen LogP contribution < -0.4 is 15.0 Å². The van der Waals surface area contributed by atoms with Gasteiger partial charge in [0.1, 0.15) is 12.1 Å². The Kier molecular flexibility index (Phi) is 8.81. The van der Waals surface area contributed by atoms with Gasteiger partial charge in [0.2, 0.25) is 5.91 Å². The van der Waals surface area contributed by atoms with E-state index in [9.17, 15) is 22.8 Å². The third kappa shape index (κ3) is 7.60. The molecule has 0 aliphatic carbocycles. The van der Waals surface area contributed by atoms with Gasteiger partial charge in [-0.15, -0.1) is 18.3 Å². The first-order chi connectivity index (χ1) is 20.6. The molecule has 3 amide bonds. The van der Waals surface area contributed by atoms with Crippen LogP contribution >= 0.6 is 11.8 Å². The Bertz CT molecular complexity index is 1640. The third-order valence-corrected chi connectivity index (χ3v) is 7.41. The Hall–Kier alpha value is -4.65. The summed E-state index contributed by atoms with van der Waals surface area (Å²) in [5.41, 5.74) is 4.03. The van der Waals surface area contributed by atoms with Crippen LogP contribution in [0.15, 0.2) is 84.1 Å². The molecule has 0 radical (unpaired) electrons. The van der Waals surface area contributed by atoms with E-state index in [-0.39, 0.29) is 17.4 Å². The number of benzene rings is 3. The molecule has 1 aromatic heterocycles. The van der Waals surface area contributed by atoms with Crippen LogP contribution in [0.4, 0.5) is 23.7 Å². The number of hydrogen-bond acceptors (Lipinski definition) is 6. The van der Waals surface area contributed by atoms with Crippen LogP contribution in [-0.4, -0.2) is 50.5 Å². The summed E-state index contributed by atoms with van der Waals surface area (Å²) in [4.78, 5) is 35.0. The number of aliphatic imine (C=N–C) groups is 1. The van der Waals surface area contributed by atoms with Crippen LogP contribution in [0.1, 0.15) is 30.9 Å². The number of thioether (sulfide) groups is 1. The lowest BCUT2D eigenvalue weighted by molar-refractivity contribution is -0.274. The predicted molar refractivity (Wildman–Crippen MR) is 158 cm³/mol. The van der Waals surface area contributed by atoms with Crippen LogP contribution in [0.2, 0.25) is 0 Å². The minimum Gasteiger partial charge on any atom is -0.406 e. The second kappa shape index (κ2) is 12.7. The van der Waals surface area contributed by atoms with Crippen molar-refractivity contribution in [3.63, 3.8) is 0 Å². The molecule has 0 saturated carbocycles. The molecule has 3 aromatic carbocycles. The summed E-state index contributed by atoms with van der Waals surface area (Å²) in [6.07, 6.45) is -2.73. The number of ether oxygens (including phenoxy) is 1. The molecule has 1 aliphatic heterocycles. The number of urea groups is 1. The number of amidine groups is 1. The van der Waals surface area contributed by atoms with Crippen molar-refractivity contribution in [1.82, 2.24) is 20.1 Å². The number of carbonyl (C=O) groups excluding carboxylic acids is 2. The molecule has 1 aliphatic rings. The maximum Gasteiger partial charge on any atom is 0.573 e. The summed E-state index contributed by atoms with van der Waals surface area (Å²) < 4.78 is 42.5. The highest BCUT2D eigenvalue weighted by Crippen LogP contribution is 2.29. The zero-order valence-electron chi connectivity index (χ0n) is 23.2. The van der Waals surface area contributed by atoms with Gasteiger partial charge in [-0.1, -0.05) is 62.0 Å². The van der Waals surface area contributed by atoms with Crippen molar-refractivity contribution in [2.45, 2.75) is 32.5 Å². The maximum atomic E-state index is 12.6. The van der Waals surface area contributed by atoms with Gasteiger partial charge in [-0.05, 0) is 59.9 Å². The maximum absolute atomic E-state index is 12.6. The molecular weight excluding hydrogens is 581 g/mol. The molecule has 2 heterocycles. The van der Waals surface area contributed by atoms with E-state index >= 15 is 0 Å². The van der Waals surface area contributed by atoms with Gasteiger partial charge < -0.3 is 10.1 Å². The molecule has 0 unspecified atom stereocenters. The highest BCUT2D eigenvalue weighted by atomic mass is 32.2. The summed E-state index contributed by atoms with van der Waals surface area (Å²) in [7, 11) is 0. The first-order valence-corrected chi connectivity index (χ1v) is 14.3. The molecule has 4 aromatic rings. The largest absolute Gasteiger partial charge is 0.573 e. The Morgan fingerprint density at radius 3 is 2.51 bits per heavy atom. The number of rotatable bonds is 8. The number of nitrogens with zero attached hydrogens (tertiary/aromatic N) is 5.